The van der Waals surface area contributed by atoms with Crippen LogP contribution in [0.4, 0.5) is 11.4 Å². The van der Waals surface area contributed by atoms with Crippen molar-refractivity contribution in [3.63, 3.8) is 0 Å². The van der Waals surface area contributed by atoms with Gasteiger partial charge in [-0.25, -0.2) is 4.79 Å². The molecule has 9 rings (SSSR count). The number of phenolic OH excluding ortho intramolecular Hbond substituents is 1. The summed E-state index contributed by atoms with van der Waals surface area (Å²) in [6, 6.07) is 12.5. The number of anilines is 2. The Morgan fingerprint density at radius 3 is 2.37 bits per heavy atom. The molecule has 360 valence electrons. The minimum absolute atomic E-state index is 0.0330. The number of fused-ring (bicyclic) bond motifs is 8. The van der Waals surface area contributed by atoms with Crippen molar-refractivity contribution in [2.24, 2.45) is 0 Å². The average molecular weight is 1030 g/mol. The molecular formula is C49H50Cl4N4O10S. The lowest BCUT2D eigenvalue weighted by Crippen LogP contribution is -2.48. The summed E-state index contributed by atoms with van der Waals surface area (Å²) in [6.07, 6.45) is 6.30. The number of nitrogens with one attached hydrogen (secondary N) is 2. The summed E-state index contributed by atoms with van der Waals surface area (Å²) < 4.78 is 54.5. The molecule has 0 bridgehead atoms. The van der Waals surface area contributed by atoms with Crippen LogP contribution < -0.4 is 25.2 Å². The van der Waals surface area contributed by atoms with E-state index in [1.54, 1.807) is 18.2 Å². The molecule has 1 atom stereocenters. The Labute approximate surface area is 414 Å². The number of hydrogen-bond donors (Lipinski definition) is 4. The van der Waals surface area contributed by atoms with Crippen molar-refractivity contribution in [1.29, 1.82) is 0 Å². The number of ether oxygens (including phenoxy) is 3. The molecule has 0 radical (unpaired) electrons. The number of carbonyl (C=O) groups excluding carboxylic acids is 3. The molecule has 68 heavy (non-hydrogen) atoms. The van der Waals surface area contributed by atoms with Gasteiger partial charge in [-0.1, -0.05) is 64.6 Å². The van der Waals surface area contributed by atoms with Crippen molar-refractivity contribution in [2.75, 3.05) is 61.5 Å². The molecule has 5 heterocycles. The molecule has 2 amide bonds. The number of aromatic hydroxyl groups is 1. The minimum Gasteiger partial charge on any atom is -0.508 e. The number of benzene rings is 4. The predicted molar refractivity (Wildman–Crippen MR) is 262 cm³/mol. The van der Waals surface area contributed by atoms with E-state index in [1.807, 2.05) is 44.2 Å². The Morgan fingerprint density at radius 1 is 0.882 bits per heavy atom. The molecule has 0 fully saturated rings. The molecule has 4 N–H and O–H groups in total. The number of carbonyl (C=O) groups is 3. The summed E-state index contributed by atoms with van der Waals surface area (Å²) in [4.78, 5) is 43.8. The van der Waals surface area contributed by atoms with Crippen molar-refractivity contribution in [3.8, 4) is 17.2 Å². The second-order valence-electron chi connectivity index (χ2n) is 18.3. The zero-order valence-corrected chi connectivity index (χ0v) is 41.2. The Hall–Kier alpha value is -4.74. The highest BCUT2D eigenvalue weighted by Gasteiger charge is 2.58. The van der Waals surface area contributed by atoms with Gasteiger partial charge in [0, 0.05) is 85.1 Å². The van der Waals surface area contributed by atoms with Gasteiger partial charge in [0.25, 0.3) is 10.1 Å². The van der Waals surface area contributed by atoms with Gasteiger partial charge >= 0.3 is 5.97 Å². The highest BCUT2D eigenvalue weighted by molar-refractivity contribution is 7.86. The Balaban J connectivity index is 0.946. The number of rotatable bonds is 15. The number of amides is 2. The third-order valence-electron chi connectivity index (χ3n) is 13.3. The maximum Gasteiger partial charge on any atom is 0.341 e. The molecular weight excluding hydrogens is 978 g/mol. The standard InChI is InChI=1S/C49H50Cl4N4O10S/c1-48(2)25-29(26-68(62,63)64)32-23-34-46(31-7-4-19-57(48)45(31)32)66-36-24-35-28(22-33(36)49(34)40-39(47(61)67-49)41(50)43(52)44(53)42(40)51)6-3-17-56(35)18-5-8-37(59)55-16-21-65-20-14-38(60)54-15-13-27-9-11-30(58)12-10-27/h9-12,22-25,58H,3-8,13-21,26H2,1-2H3,(H,54,60)(H,55,59)(H,62,63,64). The van der Waals surface area contributed by atoms with Gasteiger partial charge in [-0.2, -0.15) is 8.42 Å². The van der Waals surface area contributed by atoms with E-state index in [9.17, 15) is 32.5 Å². The van der Waals surface area contributed by atoms with Crippen LogP contribution in [0.15, 0.2) is 48.5 Å². The summed E-state index contributed by atoms with van der Waals surface area (Å²) >= 11 is 27.3. The third-order valence-corrected chi connectivity index (χ3v) is 15.8. The lowest BCUT2D eigenvalue weighted by atomic mass is 9.73. The number of aryl methyl sites for hydroxylation is 1. The first-order valence-electron chi connectivity index (χ1n) is 22.6. The predicted octanol–water partition coefficient (Wildman–Crippen LogP) is 8.80. The summed E-state index contributed by atoms with van der Waals surface area (Å²) in [6.45, 7) is 7.22. The number of esters is 1. The molecule has 1 spiro atoms. The average Bonchev–Trinajstić information content (AvgIpc) is 3.60. The third kappa shape index (κ3) is 8.99. The lowest BCUT2D eigenvalue weighted by Gasteiger charge is -2.49. The molecule has 5 aliphatic rings. The molecule has 5 aliphatic heterocycles. The normalized spacial score (nSPS) is 18.4. The monoisotopic (exact) mass is 1030 g/mol. The molecule has 0 aromatic heterocycles. The molecule has 19 heteroatoms. The fraction of sp³-hybridized carbons (Fsp3) is 0.408. The Morgan fingerprint density at radius 2 is 1.60 bits per heavy atom. The number of halogens is 4. The van der Waals surface area contributed by atoms with Crippen LogP contribution in [0, 0.1) is 0 Å². The molecule has 0 saturated carbocycles. The second kappa shape index (κ2) is 18.9. The van der Waals surface area contributed by atoms with E-state index in [0.717, 1.165) is 47.5 Å². The van der Waals surface area contributed by atoms with E-state index < -0.39 is 33.0 Å². The first-order valence-corrected chi connectivity index (χ1v) is 25.7. The maximum atomic E-state index is 14.3. The molecule has 14 nitrogen and oxygen atoms in total. The van der Waals surface area contributed by atoms with Crippen LogP contribution in [0.3, 0.4) is 0 Å². The van der Waals surface area contributed by atoms with E-state index in [2.05, 4.69) is 20.4 Å². The van der Waals surface area contributed by atoms with Gasteiger partial charge in [0.2, 0.25) is 11.8 Å². The van der Waals surface area contributed by atoms with Crippen LogP contribution in [-0.2, 0) is 54.0 Å². The fourth-order valence-electron chi connectivity index (χ4n) is 10.3. The van der Waals surface area contributed by atoms with Crippen molar-refractivity contribution >= 4 is 91.3 Å². The van der Waals surface area contributed by atoms with Gasteiger partial charge in [-0.05, 0) is 93.3 Å². The van der Waals surface area contributed by atoms with E-state index in [4.69, 9.17) is 60.6 Å². The van der Waals surface area contributed by atoms with E-state index in [-0.39, 0.29) is 74.8 Å². The maximum absolute atomic E-state index is 14.3. The van der Waals surface area contributed by atoms with Crippen molar-refractivity contribution in [3.05, 3.63) is 113 Å². The first kappa shape index (κ1) is 48.3. The smallest absolute Gasteiger partial charge is 0.341 e. The zero-order valence-electron chi connectivity index (χ0n) is 37.4. The van der Waals surface area contributed by atoms with Crippen molar-refractivity contribution in [1.82, 2.24) is 10.6 Å². The first-order chi connectivity index (χ1) is 32.4. The van der Waals surface area contributed by atoms with Crippen LogP contribution in [0.25, 0.3) is 5.57 Å². The summed E-state index contributed by atoms with van der Waals surface area (Å²) in [5.74, 6) is -0.640. The van der Waals surface area contributed by atoms with Gasteiger partial charge < -0.3 is 39.8 Å². The van der Waals surface area contributed by atoms with E-state index >= 15 is 0 Å². The van der Waals surface area contributed by atoms with Crippen LogP contribution in [0.2, 0.25) is 20.1 Å². The number of nitrogens with zero attached hydrogens (tertiary/aromatic N) is 2. The van der Waals surface area contributed by atoms with Gasteiger partial charge in [-0.3, -0.25) is 14.1 Å². The molecule has 4 aromatic carbocycles. The topological polar surface area (TPSA) is 184 Å². The van der Waals surface area contributed by atoms with Crippen LogP contribution in [-0.4, -0.2) is 93.1 Å². The molecule has 0 saturated heterocycles. The van der Waals surface area contributed by atoms with Crippen LogP contribution in [0.5, 0.6) is 17.2 Å². The summed E-state index contributed by atoms with van der Waals surface area (Å²) in [5.41, 5.74) is 3.97. The summed E-state index contributed by atoms with van der Waals surface area (Å²) in [5, 5.41) is 14.9. The molecule has 0 aliphatic carbocycles. The van der Waals surface area contributed by atoms with E-state index in [0.29, 0.717) is 85.6 Å². The SMILES string of the molecule is CC1(C)C=C(CS(=O)(=O)O)c2cc3c(c4c2N1CCC4)Oc1cc2c(cc1C31OC(=O)c3c(Cl)c(Cl)c(Cl)c(Cl)c31)CCCN2CCCC(=O)NCCOCCC(=O)NCCc1ccc(O)cc1. The Bertz CT molecular complexity index is 2890. The van der Waals surface area contributed by atoms with Gasteiger partial charge in [-0.15, -0.1) is 0 Å². The highest BCUT2D eigenvalue weighted by atomic mass is 35.5. The second-order valence-corrected chi connectivity index (χ2v) is 21.2. The molecule has 1 unspecified atom stereocenters. The highest BCUT2D eigenvalue weighted by Crippen LogP contribution is 2.64. The Kier molecular flexibility index (Phi) is 13.4. The molecule has 4 aromatic rings. The van der Waals surface area contributed by atoms with Crippen molar-refractivity contribution in [2.45, 2.75) is 76.4 Å². The van der Waals surface area contributed by atoms with Gasteiger partial charge in [0.05, 0.1) is 50.1 Å². The van der Waals surface area contributed by atoms with Gasteiger partial charge in [0.15, 0.2) is 5.60 Å². The minimum atomic E-state index is -4.48. The van der Waals surface area contributed by atoms with Crippen LogP contribution >= 0.6 is 46.4 Å². The summed E-state index contributed by atoms with van der Waals surface area (Å²) in [7, 11) is -4.48. The van der Waals surface area contributed by atoms with Crippen molar-refractivity contribution < 1.29 is 46.7 Å². The number of hydrogen-bond acceptors (Lipinski definition) is 11. The van der Waals surface area contributed by atoms with E-state index in [1.165, 1.54) is 0 Å². The quantitative estimate of drug-likeness (QED) is 0.0292. The number of phenols is 1. The lowest BCUT2D eigenvalue weighted by molar-refractivity contribution is -0.123. The largest absolute Gasteiger partial charge is 0.508 e. The fourth-order valence-corrected chi connectivity index (χ4v) is 12.0. The zero-order chi connectivity index (χ0) is 48.3. The van der Waals surface area contributed by atoms with Crippen LogP contribution in [0.1, 0.15) is 95.3 Å². The van der Waals surface area contributed by atoms with Gasteiger partial charge in [0.1, 0.15) is 23.0 Å².